The molecule has 1 aliphatic carbocycles. The number of ketones is 1. The lowest BCUT2D eigenvalue weighted by Crippen LogP contribution is -2.34. The van der Waals surface area contributed by atoms with Gasteiger partial charge in [-0.2, -0.15) is 0 Å². The first kappa shape index (κ1) is 21.4. The van der Waals surface area contributed by atoms with Gasteiger partial charge >= 0.3 is 5.97 Å². The van der Waals surface area contributed by atoms with Gasteiger partial charge in [0.2, 0.25) is 0 Å². The molecule has 31 heavy (non-hydrogen) atoms. The van der Waals surface area contributed by atoms with E-state index in [2.05, 4.69) is 21.2 Å². The van der Waals surface area contributed by atoms with Crippen molar-refractivity contribution in [2.45, 2.75) is 38.7 Å². The van der Waals surface area contributed by atoms with Crippen molar-refractivity contribution in [3.8, 4) is 5.75 Å². The molecule has 0 fully saturated rings. The number of ether oxygens (including phenoxy) is 2. The molecule has 1 atom stereocenters. The van der Waals surface area contributed by atoms with Gasteiger partial charge in [0, 0.05) is 33.8 Å². The number of allylic oxidation sites excluding steroid dienone is 3. The molecule has 160 valence electrons. The Kier molecular flexibility index (Phi) is 6.28. The van der Waals surface area contributed by atoms with Crippen LogP contribution in [0.25, 0.3) is 0 Å². The molecule has 0 bridgehead atoms. The van der Waals surface area contributed by atoms with Crippen molar-refractivity contribution in [2.24, 2.45) is 0 Å². The van der Waals surface area contributed by atoms with Crippen molar-refractivity contribution in [1.82, 2.24) is 5.32 Å². The highest BCUT2D eigenvalue weighted by Crippen LogP contribution is 2.42. The first-order valence-electron chi connectivity index (χ1n) is 10.3. The fourth-order valence-electron chi connectivity index (χ4n) is 4.19. The van der Waals surface area contributed by atoms with Gasteiger partial charge in [0.15, 0.2) is 5.78 Å². The topological polar surface area (TPSA) is 64.6 Å². The van der Waals surface area contributed by atoms with Crippen molar-refractivity contribution in [2.75, 3.05) is 7.11 Å². The smallest absolute Gasteiger partial charge is 0.337 e. The van der Waals surface area contributed by atoms with E-state index >= 15 is 0 Å². The predicted octanol–water partition coefficient (Wildman–Crippen LogP) is 5.17. The van der Waals surface area contributed by atoms with Gasteiger partial charge in [-0.25, -0.2) is 4.79 Å². The molecular formula is C25H24BrNO4. The van der Waals surface area contributed by atoms with Crippen LogP contribution in [0, 0.1) is 0 Å². The van der Waals surface area contributed by atoms with E-state index in [9.17, 15) is 9.59 Å². The number of benzene rings is 2. The minimum absolute atomic E-state index is 0.0922. The minimum Gasteiger partial charge on any atom is -0.497 e. The van der Waals surface area contributed by atoms with E-state index in [0.717, 1.165) is 45.6 Å². The molecule has 1 N–H and O–H groups in total. The average molecular weight is 482 g/mol. The van der Waals surface area contributed by atoms with E-state index in [1.165, 1.54) is 0 Å². The van der Waals surface area contributed by atoms with Crippen LogP contribution in [-0.2, 0) is 20.9 Å². The van der Waals surface area contributed by atoms with Crippen LogP contribution in [0.15, 0.2) is 75.5 Å². The maximum atomic E-state index is 13.2. The third-order valence-corrected chi connectivity index (χ3v) is 6.26. The number of methoxy groups -OCH3 is 1. The summed E-state index contributed by atoms with van der Waals surface area (Å²) in [6, 6.07) is 15.2. The number of carbonyl (C=O) groups excluding carboxylic acids is 2. The maximum Gasteiger partial charge on any atom is 0.337 e. The summed E-state index contributed by atoms with van der Waals surface area (Å²) in [5.41, 5.74) is 4.61. The van der Waals surface area contributed by atoms with Gasteiger partial charge in [0.05, 0.1) is 12.7 Å². The molecule has 0 saturated heterocycles. The lowest BCUT2D eigenvalue weighted by atomic mass is 9.75. The maximum absolute atomic E-state index is 13.2. The van der Waals surface area contributed by atoms with Crippen molar-refractivity contribution >= 4 is 27.7 Å². The molecule has 1 aliphatic heterocycles. The Morgan fingerprint density at radius 2 is 1.81 bits per heavy atom. The summed E-state index contributed by atoms with van der Waals surface area (Å²) in [5.74, 6) is -0.00973. The lowest BCUT2D eigenvalue weighted by Gasteiger charge is -2.34. The Labute approximate surface area is 190 Å². The monoisotopic (exact) mass is 481 g/mol. The van der Waals surface area contributed by atoms with Crippen molar-refractivity contribution < 1.29 is 19.1 Å². The van der Waals surface area contributed by atoms with Crippen LogP contribution in [0.1, 0.15) is 43.2 Å². The molecule has 0 saturated carbocycles. The van der Waals surface area contributed by atoms with E-state index in [-0.39, 0.29) is 12.4 Å². The molecule has 5 nitrogen and oxygen atoms in total. The summed E-state index contributed by atoms with van der Waals surface area (Å²) in [4.78, 5) is 26.1. The van der Waals surface area contributed by atoms with Crippen LogP contribution in [0.3, 0.4) is 0 Å². The molecule has 2 aromatic rings. The van der Waals surface area contributed by atoms with Gasteiger partial charge in [-0.05, 0) is 55.2 Å². The van der Waals surface area contributed by atoms with Crippen LogP contribution in [-0.4, -0.2) is 18.9 Å². The molecular weight excluding hydrogens is 458 g/mol. The number of hydrogen-bond donors (Lipinski definition) is 1. The first-order valence-corrected chi connectivity index (χ1v) is 11.1. The van der Waals surface area contributed by atoms with Gasteiger partial charge in [-0.3, -0.25) is 4.79 Å². The second-order valence-corrected chi connectivity index (χ2v) is 8.66. The summed E-state index contributed by atoms with van der Waals surface area (Å²) in [6.45, 7) is 2.02. The molecule has 0 aromatic heterocycles. The van der Waals surface area contributed by atoms with Crippen molar-refractivity contribution in [3.63, 3.8) is 0 Å². The van der Waals surface area contributed by atoms with E-state index in [0.29, 0.717) is 17.6 Å². The van der Waals surface area contributed by atoms with E-state index in [1.54, 1.807) is 7.11 Å². The Bertz CT molecular complexity index is 1070. The molecule has 0 amide bonds. The number of halogens is 1. The van der Waals surface area contributed by atoms with Crippen LogP contribution >= 0.6 is 15.9 Å². The molecule has 2 aliphatic rings. The molecule has 0 radical (unpaired) electrons. The van der Waals surface area contributed by atoms with Gasteiger partial charge < -0.3 is 14.8 Å². The van der Waals surface area contributed by atoms with Gasteiger partial charge in [0.1, 0.15) is 12.4 Å². The second-order valence-electron chi connectivity index (χ2n) is 7.74. The molecule has 0 unspecified atom stereocenters. The normalized spacial score (nSPS) is 18.4. The van der Waals surface area contributed by atoms with Crippen LogP contribution in [0.4, 0.5) is 0 Å². The van der Waals surface area contributed by atoms with Crippen LogP contribution in [0.5, 0.6) is 5.75 Å². The molecule has 4 rings (SSSR count). The Morgan fingerprint density at radius 3 is 2.48 bits per heavy atom. The predicted molar refractivity (Wildman–Crippen MR) is 121 cm³/mol. The number of dihydropyridines is 1. The summed E-state index contributed by atoms with van der Waals surface area (Å²) >= 11 is 3.46. The second kappa shape index (κ2) is 9.10. The quantitative estimate of drug-likeness (QED) is 0.596. The summed E-state index contributed by atoms with van der Waals surface area (Å²) < 4.78 is 11.8. The summed E-state index contributed by atoms with van der Waals surface area (Å²) in [7, 11) is 1.61. The van der Waals surface area contributed by atoms with E-state index in [4.69, 9.17) is 9.47 Å². The zero-order valence-electron chi connectivity index (χ0n) is 17.5. The molecule has 6 heteroatoms. The largest absolute Gasteiger partial charge is 0.497 e. The lowest BCUT2D eigenvalue weighted by molar-refractivity contribution is -0.140. The van der Waals surface area contributed by atoms with Gasteiger partial charge in [-0.1, -0.05) is 40.2 Å². The highest BCUT2D eigenvalue weighted by Gasteiger charge is 2.39. The fraction of sp³-hybridized carbons (Fsp3) is 0.280. The van der Waals surface area contributed by atoms with Crippen LogP contribution < -0.4 is 10.1 Å². The molecule has 0 spiro atoms. The summed E-state index contributed by atoms with van der Waals surface area (Å²) in [6.07, 6.45) is 2.13. The number of rotatable bonds is 5. The molecule has 1 heterocycles. The van der Waals surface area contributed by atoms with Gasteiger partial charge in [-0.15, -0.1) is 0 Å². The minimum atomic E-state index is -0.430. The van der Waals surface area contributed by atoms with Gasteiger partial charge in [0.25, 0.3) is 0 Å². The number of Topliss-reactive ketones (excluding diaryl/α,β-unsaturated/α-hetero) is 1. The Hall–Kier alpha value is -2.86. The number of nitrogens with one attached hydrogen (secondary N) is 1. The average Bonchev–Trinajstić information content (AvgIpc) is 2.77. The molecule has 2 aromatic carbocycles. The highest BCUT2D eigenvalue weighted by molar-refractivity contribution is 9.10. The highest BCUT2D eigenvalue weighted by atomic mass is 79.9. The zero-order chi connectivity index (χ0) is 22.0. The number of carbonyl (C=O) groups is 2. The number of esters is 1. The summed E-state index contributed by atoms with van der Waals surface area (Å²) in [5, 5.41) is 3.32. The van der Waals surface area contributed by atoms with E-state index in [1.807, 2.05) is 55.5 Å². The first-order chi connectivity index (χ1) is 15.0. The van der Waals surface area contributed by atoms with Crippen molar-refractivity contribution in [1.29, 1.82) is 0 Å². The number of hydrogen-bond acceptors (Lipinski definition) is 5. The zero-order valence-corrected chi connectivity index (χ0v) is 19.1. The fourth-order valence-corrected chi connectivity index (χ4v) is 4.46. The third kappa shape index (κ3) is 4.44. The Balaban J connectivity index is 1.65. The van der Waals surface area contributed by atoms with E-state index < -0.39 is 11.9 Å². The Morgan fingerprint density at radius 1 is 1.10 bits per heavy atom. The van der Waals surface area contributed by atoms with Crippen molar-refractivity contribution in [3.05, 3.63) is 86.7 Å². The third-order valence-electron chi connectivity index (χ3n) is 5.73. The SMILES string of the molecule is COc1ccc(COC(=O)C2=C(C)NC3=C(C(=O)CCC3)[C@H]2c2ccc(Br)cc2)cc1. The van der Waals surface area contributed by atoms with Crippen LogP contribution in [0.2, 0.25) is 0 Å². The standard InChI is InChI=1S/C25H24BrNO4/c1-15-22(25(29)31-14-16-6-12-19(30-2)13-7-16)23(17-8-10-18(26)11-9-17)24-20(27-15)4-3-5-21(24)28/h6-13,23,27H,3-5,14H2,1-2H3/t23-/m0/s1.